The van der Waals surface area contributed by atoms with Gasteiger partial charge >= 0.3 is 11.7 Å². The van der Waals surface area contributed by atoms with Crippen molar-refractivity contribution < 1.29 is 14.8 Å². The molecule has 1 rings (SSSR count). The summed E-state index contributed by atoms with van der Waals surface area (Å²) in [6.45, 7) is 1.35. The molecule has 1 heterocycles. The zero-order valence-electron chi connectivity index (χ0n) is 8.18. The molecule has 1 aromatic rings. The molecular formula is C8H8ClN3O4. The van der Waals surface area contributed by atoms with Crippen LogP contribution in [0, 0.1) is 10.1 Å². The standard InChI is InChI=1S/C8H8ClN3O4/c1-4(8(13)14)11-7-6(12(15)16)2-5(9)3-10-7/h2-4H,1H3,(H,10,11)(H,13,14)/t4-/m1/s1. The average molecular weight is 246 g/mol. The number of nitro groups is 1. The van der Waals surface area contributed by atoms with Gasteiger partial charge in [-0.05, 0) is 6.92 Å². The molecule has 0 radical (unpaired) electrons. The molecule has 0 aliphatic heterocycles. The maximum atomic E-state index is 10.6. The lowest BCUT2D eigenvalue weighted by Crippen LogP contribution is -2.26. The van der Waals surface area contributed by atoms with Crippen LogP contribution in [0.15, 0.2) is 12.3 Å². The highest BCUT2D eigenvalue weighted by atomic mass is 35.5. The van der Waals surface area contributed by atoms with Crippen LogP contribution < -0.4 is 5.32 Å². The van der Waals surface area contributed by atoms with Crippen LogP contribution >= 0.6 is 11.6 Å². The summed E-state index contributed by atoms with van der Waals surface area (Å²) in [6, 6.07) is 0.123. The molecule has 0 saturated carbocycles. The molecule has 0 bridgehead atoms. The Kier molecular flexibility index (Phi) is 3.62. The topological polar surface area (TPSA) is 105 Å². The van der Waals surface area contributed by atoms with E-state index >= 15 is 0 Å². The van der Waals surface area contributed by atoms with Gasteiger partial charge in [-0.3, -0.25) is 14.9 Å². The second-order valence-electron chi connectivity index (χ2n) is 2.98. The second kappa shape index (κ2) is 4.75. The van der Waals surface area contributed by atoms with Crippen molar-refractivity contribution in [2.24, 2.45) is 0 Å². The Morgan fingerprint density at radius 3 is 2.88 bits per heavy atom. The number of aliphatic carboxylic acids is 1. The van der Waals surface area contributed by atoms with Gasteiger partial charge in [-0.25, -0.2) is 4.98 Å². The van der Waals surface area contributed by atoms with Crippen LogP contribution in [0.5, 0.6) is 0 Å². The summed E-state index contributed by atoms with van der Waals surface area (Å²) in [5.74, 6) is -1.25. The van der Waals surface area contributed by atoms with Crippen LogP contribution in [0.3, 0.4) is 0 Å². The van der Waals surface area contributed by atoms with Crippen LogP contribution in [-0.2, 0) is 4.79 Å². The molecule has 1 atom stereocenters. The summed E-state index contributed by atoms with van der Waals surface area (Å²) in [7, 11) is 0. The number of hydrogen-bond donors (Lipinski definition) is 2. The second-order valence-corrected chi connectivity index (χ2v) is 3.42. The first-order valence-electron chi connectivity index (χ1n) is 4.21. The fourth-order valence-electron chi connectivity index (χ4n) is 0.946. The number of halogens is 1. The molecule has 0 aliphatic carbocycles. The fourth-order valence-corrected chi connectivity index (χ4v) is 1.10. The fraction of sp³-hybridized carbons (Fsp3) is 0.250. The number of rotatable bonds is 4. The Morgan fingerprint density at radius 1 is 1.75 bits per heavy atom. The number of nitrogens with one attached hydrogen (secondary N) is 1. The summed E-state index contributed by atoms with van der Waals surface area (Å²) in [4.78, 5) is 24.2. The number of hydrogen-bond acceptors (Lipinski definition) is 5. The van der Waals surface area contributed by atoms with Gasteiger partial charge in [-0.2, -0.15) is 0 Å². The summed E-state index contributed by atoms with van der Waals surface area (Å²) in [5, 5.41) is 21.8. The molecule has 0 aromatic carbocycles. The molecular weight excluding hydrogens is 238 g/mol. The number of carboxylic acid groups (broad SMARTS) is 1. The van der Waals surface area contributed by atoms with E-state index in [4.69, 9.17) is 16.7 Å². The van der Waals surface area contributed by atoms with E-state index in [9.17, 15) is 14.9 Å². The third-order valence-corrected chi connectivity index (χ3v) is 1.96. The number of carboxylic acids is 1. The molecule has 8 heteroatoms. The summed E-state index contributed by atoms with van der Waals surface area (Å²) in [6.07, 6.45) is 1.20. The number of anilines is 1. The number of pyridine rings is 1. The minimum Gasteiger partial charge on any atom is -0.480 e. The maximum absolute atomic E-state index is 10.6. The monoisotopic (exact) mass is 245 g/mol. The molecule has 0 amide bonds. The van der Waals surface area contributed by atoms with E-state index in [1.54, 1.807) is 0 Å². The third kappa shape index (κ3) is 2.80. The normalized spacial score (nSPS) is 11.9. The van der Waals surface area contributed by atoms with Crippen LogP contribution in [0.4, 0.5) is 11.5 Å². The van der Waals surface area contributed by atoms with Gasteiger partial charge in [0.05, 0.1) is 9.95 Å². The predicted molar refractivity (Wildman–Crippen MR) is 56.6 cm³/mol. The number of carbonyl (C=O) groups is 1. The molecule has 0 aliphatic rings. The molecule has 0 unspecified atom stereocenters. The van der Waals surface area contributed by atoms with Gasteiger partial charge in [0.15, 0.2) is 0 Å². The molecule has 1 aromatic heterocycles. The molecule has 7 nitrogen and oxygen atoms in total. The highest BCUT2D eigenvalue weighted by Gasteiger charge is 2.20. The minimum atomic E-state index is -1.13. The van der Waals surface area contributed by atoms with E-state index in [0.717, 1.165) is 6.07 Å². The lowest BCUT2D eigenvalue weighted by molar-refractivity contribution is -0.384. The minimum absolute atomic E-state index is 0.111. The summed E-state index contributed by atoms with van der Waals surface area (Å²) < 4.78 is 0. The highest BCUT2D eigenvalue weighted by molar-refractivity contribution is 6.30. The van der Waals surface area contributed by atoms with Crippen molar-refractivity contribution in [3.8, 4) is 0 Å². The Balaban J connectivity index is 3.04. The SMILES string of the molecule is C[C@@H](Nc1ncc(Cl)cc1[N+](=O)[O-])C(=O)O. The van der Waals surface area contributed by atoms with E-state index in [2.05, 4.69) is 10.3 Å². The lowest BCUT2D eigenvalue weighted by atomic mass is 10.3. The molecule has 0 saturated heterocycles. The van der Waals surface area contributed by atoms with Crippen LogP contribution in [0.1, 0.15) is 6.92 Å². The largest absolute Gasteiger partial charge is 0.480 e. The van der Waals surface area contributed by atoms with Gasteiger partial charge in [-0.15, -0.1) is 0 Å². The lowest BCUT2D eigenvalue weighted by Gasteiger charge is -2.09. The number of nitrogens with zero attached hydrogens (tertiary/aromatic N) is 2. The Labute approximate surface area is 95.2 Å². The molecule has 0 fully saturated rings. The first-order chi connectivity index (χ1) is 7.41. The highest BCUT2D eigenvalue weighted by Crippen LogP contribution is 2.25. The van der Waals surface area contributed by atoms with E-state index in [-0.39, 0.29) is 16.5 Å². The van der Waals surface area contributed by atoms with E-state index in [0.29, 0.717) is 0 Å². The smallest absolute Gasteiger partial charge is 0.325 e. The van der Waals surface area contributed by atoms with E-state index in [1.807, 2.05) is 0 Å². The average Bonchev–Trinajstić information content (AvgIpc) is 2.20. The van der Waals surface area contributed by atoms with Gasteiger partial charge < -0.3 is 10.4 Å². The zero-order chi connectivity index (χ0) is 12.3. The Hall–Kier alpha value is -1.89. The first kappa shape index (κ1) is 12.2. The quantitative estimate of drug-likeness (QED) is 0.615. The van der Waals surface area contributed by atoms with Crippen LogP contribution in [0.2, 0.25) is 5.02 Å². The predicted octanol–water partition coefficient (Wildman–Crippen LogP) is 1.53. The van der Waals surface area contributed by atoms with Crippen molar-refractivity contribution in [2.75, 3.05) is 5.32 Å². The summed E-state index contributed by atoms with van der Waals surface area (Å²) in [5.41, 5.74) is -0.361. The summed E-state index contributed by atoms with van der Waals surface area (Å²) >= 11 is 5.55. The molecule has 0 spiro atoms. The van der Waals surface area contributed by atoms with Crippen molar-refractivity contribution in [3.05, 3.63) is 27.4 Å². The third-order valence-electron chi connectivity index (χ3n) is 1.75. The van der Waals surface area contributed by atoms with Gasteiger partial charge in [0.2, 0.25) is 5.82 Å². The van der Waals surface area contributed by atoms with Crippen molar-refractivity contribution >= 4 is 29.1 Å². The maximum Gasteiger partial charge on any atom is 0.325 e. The first-order valence-corrected chi connectivity index (χ1v) is 4.59. The van der Waals surface area contributed by atoms with Crippen molar-refractivity contribution in [1.29, 1.82) is 0 Å². The molecule has 2 N–H and O–H groups in total. The van der Waals surface area contributed by atoms with E-state index < -0.39 is 16.9 Å². The Bertz CT molecular complexity index is 437. The van der Waals surface area contributed by atoms with Gasteiger partial charge in [0, 0.05) is 12.3 Å². The van der Waals surface area contributed by atoms with E-state index in [1.165, 1.54) is 13.1 Å². The van der Waals surface area contributed by atoms with Gasteiger partial charge in [-0.1, -0.05) is 11.6 Å². The van der Waals surface area contributed by atoms with Crippen molar-refractivity contribution in [1.82, 2.24) is 4.98 Å². The van der Waals surface area contributed by atoms with Gasteiger partial charge in [0.1, 0.15) is 6.04 Å². The van der Waals surface area contributed by atoms with Crippen LogP contribution in [-0.4, -0.2) is 27.0 Å². The van der Waals surface area contributed by atoms with Crippen molar-refractivity contribution in [3.63, 3.8) is 0 Å². The van der Waals surface area contributed by atoms with Crippen molar-refractivity contribution in [2.45, 2.75) is 13.0 Å². The van der Waals surface area contributed by atoms with Crippen LogP contribution in [0.25, 0.3) is 0 Å². The molecule has 86 valence electrons. The Morgan fingerprint density at radius 2 is 2.38 bits per heavy atom. The zero-order valence-corrected chi connectivity index (χ0v) is 8.93. The number of aromatic nitrogens is 1. The van der Waals surface area contributed by atoms with Gasteiger partial charge in [0.25, 0.3) is 0 Å². The molecule has 16 heavy (non-hydrogen) atoms.